The number of hydrogen-bond acceptors (Lipinski definition) is 4. The summed E-state index contributed by atoms with van der Waals surface area (Å²) in [5.41, 5.74) is 2.78. The summed E-state index contributed by atoms with van der Waals surface area (Å²) in [7, 11) is 3.46. The summed E-state index contributed by atoms with van der Waals surface area (Å²) in [6, 6.07) is 9.73. The summed E-state index contributed by atoms with van der Waals surface area (Å²) in [6.07, 6.45) is 3.56. The lowest BCUT2D eigenvalue weighted by Gasteiger charge is -2.35. The molecular weight excluding hydrogens is 358 g/mol. The molecular formula is C21H25N3O2S. The minimum absolute atomic E-state index is 0.00557. The standard InChI is InChI=1S/C21H25N3O2S/c1-23(2)21(26)15-5-7-16(8-6-15)22-19(25)13-24-11-9-18-17(10-12-27-18)20(24)14-3-4-14/h5-8,10,12,14,20H,3-4,9,11,13H2,1-2H3,(H,22,25)/t20-/m0/s1. The van der Waals surface area contributed by atoms with E-state index in [4.69, 9.17) is 0 Å². The van der Waals surface area contributed by atoms with Gasteiger partial charge in [0.1, 0.15) is 0 Å². The van der Waals surface area contributed by atoms with Crippen molar-refractivity contribution >= 4 is 28.8 Å². The molecule has 0 saturated heterocycles. The van der Waals surface area contributed by atoms with Crippen molar-refractivity contribution in [2.24, 2.45) is 5.92 Å². The maximum absolute atomic E-state index is 12.6. The van der Waals surface area contributed by atoms with Crippen LogP contribution >= 0.6 is 11.3 Å². The Bertz CT molecular complexity index is 839. The number of nitrogens with zero attached hydrogens (tertiary/aromatic N) is 2. The molecule has 0 radical (unpaired) electrons. The third kappa shape index (κ3) is 3.92. The Hall–Kier alpha value is -2.18. The van der Waals surface area contributed by atoms with Gasteiger partial charge in [-0.3, -0.25) is 14.5 Å². The van der Waals surface area contributed by atoms with Crippen molar-refractivity contribution in [3.8, 4) is 0 Å². The lowest BCUT2D eigenvalue weighted by Crippen LogP contribution is -2.41. The van der Waals surface area contributed by atoms with Gasteiger partial charge in [0.05, 0.1) is 6.54 Å². The molecule has 5 nitrogen and oxygen atoms in total. The molecule has 1 aromatic carbocycles. The first-order chi connectivity index (χ1) is 13.0. The number of anilines is 1. The molecule has 1 atom stereocenters. The minimum atomic E-state index is -0.0416. The van der Waals surface area contributed by atoms with Crippen LogP contribution < -0.4 is 5.32 Å². The zero-order valence-corrected chi connectivity index (χ0v) is 16.6. The lowest BCUT2D eigenvalue weighted by molar-refractivity contribution is -0.118. The number of carbonyl (C=O) groups is 2. The second kappa shape index (κ2) is 7.44. The zero-order valence-electron chi connectivity index (χ0n) is 15.8. The first kappa shape index (κ1) is 18.2. The van der Waals surface area contributed by atoms with E-state index < -0.39 is 0 Å². The number of fused-ring (bicyclic) bond motifs is 1. The molecule has 0 bridgehead atoms. The molecule has 1 aliphatic heterocycles. The Morgan fingerprint density at radius 3 is 2.59 bits per heavy atom. The Labute approximate surface area is 164 Å². The molecule has 4 rings (SSSR count). The summed E-state index contributed by atoms with van der Waals surface area (Å²) in [6.45, 7) is 1.35. The van der Waals surface area contributed by atoms with Gasteiger partial charge in [0.2, 0.25) is 5.91 Å². The first-order valence-electron chi connectivity index (χ1n) is 9.45. The molecule has 1 aromatic heterocycles. The van der Waals surface area contributed by atoms with Gasteiger partial charge in [0.25, 0.3) is 5.91 Å². The van der Waals surface area contributed by atoms with Gasteiger partial charge in [-0.25, -0.2) is 0 Å². The molecule has 0 unspecified atom stereocenters. The minimum Gasteiger partial charge on any atom is -0.345 e. The van der Waals surface area contributed by atoms with E-state index in [0.29, 0.717) is 24.1 Å². The normalized spacial score (nSPS) is 19.4. The van der Waals surface area contributed by atoms with Crippen molar-refractivity contribution in [1.29, 1.82) is 0 Å². The van der Waals surface area contributed by atoms with E-state index in [2.05, 4.69) is 21.7 Å². The van der Waals surface area contributed by atoms with Crippen LogP contribution in [0.2, 0.25) is 0 Å². The fourth-order valence-corrected chi connectivity index (χ4v) is 4.79. The van der Waals surface area contributed by atoms with Crippen molar-refractivity contribution in [3.05, 3.63) is 51.7 Å². The van der Waals surface area contributed by atoms with E-state index in [1.807, 2.05) is 11.3 Å². The number of hydrogen-bond donors (Lipinski definition) is 1. The molecule has 1 aliphatic carbocycles. The van der Waals surface area contributed by atoms with Gasteiger partial charge in [-0.15, -0.1) is 11.3 Å². The van der Waals surface area contributed by atoms with Gasteiger partial charge in [0.15, 0.2) is 0 Å². The van der Waals surface area contributed by atoms with Gasteiger partial charge in [0, 0.05) is 42.8 Å². The topological polar surface area (TPSA) is 52.7 Å². The predicted octanol–water partition coefficient (Wildman–Crippen LogP) is 3.40. The van der Waals surface area contributed by atoms with E-state index in [1.165, 1.54) is 23.3 Å². The van der Waals surface area contributed by atoms with Crippen molar-refractivity contribution < 1.29 is 9.59 Å². The SMILES string of the molecule is CN(C)C(=O)c1ccc(NC(=O)CN2CCc3sccc3[C@@H]2C2CC2)cc1. The Kier molecular flexibility index (Phi) is 5.02. The van der Waals surface area contributed by atoms with E-state index in [1.54, 1.807) is 43.3 Å². The largest absolute Gasteiger partial charge is 0.345 e. The molecule has 142 valence electrons. The average molecular weight is 384 g/mol. The molecule has 0 spiro atoms. The molecule has 2 aromatic rings. The maximum atomic E-state index is 12.6. The van der Waals surface area contributed by atoms with Crippen molar-refractivity contribution in [2.75, 3.05) is 32.5 Å². The van der Waals surface area contributed by atoms with Gasteiger partial charge in [-0.1, -0.05) is 0 Å². The van der Waals surface area contributed by atoms with E-state index in [-0.39, 0.29) is 11.8 Å². The summed E-state index contributed by atoms with van der Waals surface area (Å²) >= 11 is 1.85. The highest BCUT2D eigenvalue weighted by Gasteiger charge is 2.40. The van der Waals surface area contributed by atoms with Gasteiger partial charge >= 0.3 is 0 Å². The van der Waals surface area contributed by atoms with Crippen LogP contribution in [0.15, 0.2) is 35.7 Å². The van der Waals surface area contributed by atoms with Crippen LogP contribution in [0.1, 0.15) is 39.7 Å². The van der Waals surface area contributed by atoms with Crippen molar-refractivity contribution in [2.45, 2.75) is 25.3 Å². The molecule has 2 heterocycles. The van der Waals surface area contributed by atoms with Gasteiger partial charge in [-0.05, 0) is 66.5 Å². The Morgan fingerprint density at radius 2 is 1.93 bits per heavy atom. The van der Waals surface area contributed by atoms with Crippen molar-refractivity contribution in [3.63, 3.8) is 0 Å². The summed E-state index contributed by atoms with van der Waals surface area (Å²) in [5, 5.41) is 5.16. The first-order valence-corrected chi connectivity index (χ1v) is 10.3. The summed E-state index contributed by atoms with van der Waals surface area (Å²) in [4.78, 5) is 30.0. The molecule has 1 N–H and O–H groups in total. The van der Waals surface area contributed by atoms with Crippen LogP contribution in [-0.4, -0.2) is 48.8 Å². The molecule has 1 fully saturated rings. The number of thiophene rings is 1. The summed E-state index contributed by atoms with van der Waals surface area (Å²) in [5.74, 6) is 0.661. The van der Waals surface area contributed by atoms with Crippen LogP contribution in [0.4, 0.5) is 5.69 Å². The molecule has 2 amide bonds. The smallest absolute Gasteiger partial charge is 0.253 e. The number of benzene rings is 1. The highest BCUT2D eigenvalue weighted by atomic mass is 32.1. The fraction of sp³-hybridized carbons (Fsp3) is 0.429. The quantitative estimate of drug-likeness (QED) is 0.861. The Morgan fingerprint density at radius 1 is 1.19 bits per heavy atom. The molecule has 2 aliphatic rings. The highest BCUT2D eigenvalue weighted by Crippen LogP contribution is 2.48. The van der Waals surface area contributed by atoms with Crippen LogP contribution in [0.25, 0.3) is 0 Å². The second-order valence-corrected chi connectivity index (χ2v) is 8.63. The van der Waals surface area contributed by atoms with Crippen molar-refractivity contribution in [1.82, 2.24) is 9.80 Å². The van der Waals surface area contributed by atoms with Crippen LogP contribution in [-0.2, 0) is 11.2 Å². The summed E-state index contributed by atoms with van der Waals surface area (Å²) < 4.78 is 0. The van der Waals surface area contributed by atoms with Crippen LogP contribution in [0, 0.1) is 5.92 Å². The second-order valence-electron chi connectivity index (χ2n) is 7.63. The number of amides is 2. The van der Waals surface area contributed by atoms with Crippen LogP contribution in [0.5, 0.6) is 0 Å². The molecule has 1 saturated carbocycles. The number of rotatable bonds is 5. The van der Waals surface area contributed by atoms with Crippen LogP contribution in [0.3, 0.4) is 0 Å². The Balaban J connectivity index is 1.40. The fourth-order valence-electron chi connectivity index (χ4n) is 3.88. The monoisotopic (exact) mass is 383 g/mol. The average Bonchev–Trinajstić information content (AvgIpc) is 3.37. The maximum Gasteiger partial charge on any atom is 0.253 e. The lowest BCUT2D eigenvalue weighted by atomic mass is 9.96. The van der Waals surface area contributed by atoms with E-state index in [0.717, 1.165) is 18.7 Å². The van der Waals surface area contributed by atoms with Gasteiger partial charge in [-0.2, -0.15) is 0 Å². The predicted molar refractivity (Wildman–Crippen MR) is 108 cm³/mol. The van der Waals surface area contributed by atoms with Gasteiger partial charge < -0.3 is 10.2 Å². The third-order valence-electron chi connectivity index (χ3n) is 5.36. The third-order valence-corrected chi connectivity index (χ3v) is 6.35. The molecule has 27 heavy (non-hydrogen) atoms. The number of nitrogens with one attached hydrogen (secondary N) is 1. The number of carbonyl (C=O) groups excluding carboxylic acids is 2. The van der Waals surface area contributed by atoms with E-state index >= 15 is 0 Å². The zero-order chi connectivity index (χ0) is 19.0. The van der Waals surface area contributed by atoms with E-state index in [9.17, 15) is 9.59 Å². The highest BCUT2D eigenvalue weighted by molar-refractivity contribution is 7.10. The molecule has 6 heteroatoms.